The Labute approximate surface area is 127 Å². The molecule has 1 aliphatic carbocycles. The molecule has 0 atom stereocenters. The summed E-state index contributed by atoms with van der Waals surface area (Å²) in [7, 11) is 4.15. The zero-order valence-corrected chi connectivity index (χ0v) is 13.2. The second kappa shape index (κ2) is 5.80. The Hall–Kier alpha value is -1.96. The number of benzene rings is 2. The molecular weight excluding hydrogens is 256 g/mol. The topological polar surface area (TPSA) is 15.3 Å². The van der Waals surface area contributed by atoms with Crippen LogP contribution >= 0.6 is 0 Å². The molecule has 1 aliphatic rings. The van der Waals surface area contributed by atoms with Crippen LogP contribution in [0.4, 0.5) is 11.4 Å². The molecule has 0 radical (unpaired) electrons. The number of nitrogens with zero attached hydrogens (tertiary/aromatic N) is 1. The molecule has 2 aromatic carbocycles. The highest BCUT2D eigenvalue weighted by atomic mass is 15.1. The predicted molar refractivity (Wildman–Crippen MR) is 91.2 cm³/mol. The van der Waals surface area contributed by atoms with Gasteiger partial charge in [0.2, 0.25) is 0 Å². The van der Waals surface area contributed by atoms with Crippen LogP contribution in [0.15, 0.2) is 42.5 Å². The fourth-order valence-corrected chi connectivity index (χ4v) is 2.80. The standard InChI is InChI=1S/C19H24N2/c1-14-12-17(21(2)3)10-11-19(14)20-13-16-6-4-5-7-18(16)15-8-9-15/h4-7,10-12,15,20H,8-9,13H2,1-3H3. The predicted octanol–water partition coefficient (Wildman–Crippen LogP) is 4.55. The summed E-state index contributed by atoms with van der Waals surface area (Å²) >= 11 is 0. The van der Waals surface area contributed by atoms with Gasteiger partial charge in [0.1, 0.15) is 0 Å². The maximum absolute atomic E-state index is 3.60. The number of rotatable bonds is 5. The lowest BCUT2D eigenvalue weighted by atomic mass is 10.0. The zero-order valence-electron chi connectivity index (χ0n) is 13.2. The van der Waals surface area contributed by atoms with Crippen LogP contribution in [0.1, 0.15) is 35.4 Å². The Morgan fingerprint density at radius 1 is 1.10 bits per heavy atom. The Morgan fingerprint density at radius 3 is 2.52 bits per heavy atom. The van der Waals surface area contributed by atoms with Gasteiger partial charge in [0.05, 0.1) is 0 Å². The molecule has 0 unspecified atom stereocenters. The summed E-state index contributed by atoms with van der Waals surface area (Å²) in [6, 6.07) is 15.4. The molecule has 0 aromatic heterocycles. The molecule has 0 amide bonds. The van der Waals surface area contributed by atoms with Crippen molar-refractivity contribution in [3.63, 3.8) is 0 Å². The minimum atomic E-state index is 0.806. The van der Waals surface area contributed by atoms with E-state index in [2.05, 4.69) is 73.7 Å². The summed E-state index contributed by atoms with van der Waals surface area (Å²) in [4.78, 5) is 2.14. The largest absolute Gasteiger partial charge is 0.381 e. The summed E-state index contributed by atoms with van der Waals surface area (Å²) in [5, 5.41) is 3.60. The van der Waals surface area contributed by atoms with Crippen molar-refractivity contribution in [3.05, 3.63) is 59.2 Å². The van der Waals surface area contributed by atoms with E-state index in [0.29, 0.717) is 0 Å². The van der Waals surface area contributed by atoms with Gasteiger partial charge in [-0.3, -0.25) is 0 Å². The van der Waals surface area contributed by atoms with Crippen LogP contribution in [-0.4, -0.2) is 14.1 Å². The molecule has 1 N–H and O–H groups in total. The van der Waals surface area contributed by atoms with E-state index in [1.165, 1.54) is 40.9 Å². The first kappa shape index (κ1) is 14.0. The van der Waals surface area contributed by atoms with Crippen LogP contribution in [0.3, 0.4) is 0 Å². The van der Waals surface area contributed by atoms with Crippen molar-refractivity contribution in [3.8, 4) is 0 Å². The van der Waals surface area contributed by atoms with Crippen molar-refractivity contribution in [2.75, 3.05) is 24.3 Å². The van der Waals surface area contributed by atoms with Gasteiger partial charge in [0, 0.05) is 32.0 Å². The van der Waals surface area contributed by atoms with E-state index in [9.17, 15) is 0 Å². The summed E-state index contributed by atoms with van der Waals surface area (Å²) in [6.45, 7) is 3.08. The van der Waals surface area contributed by atoms with Gasteiger partial charge in [0.15, 0.2) is 0 Å². The van der Waals surface area contributed by atoms with Crippen LogP contribution in [0.25, 0.3) is 0 Å². The van der Waals surface area contributed by atoms with E-state index in [1.54, 1.807) is 0 Å². The van der Waals surface area contributed by atoms with Gasteiger partial charge < -0.3 is 10.2 Å². The molecule has 0 saturated heterocycles. The SMILES string of the molecule is Cc1cc(N(C)C)ccc1NCc1ccccc1C1CC1. The normalized spacial score (nSPS) is 14.0. The summed E-state index contributed by atoms with van der Waals surface area (Å²) in [5.74, 6) is 0.806. The Balaban J connectivity index is 1.73. The smallest absolute Gasteiger partial charge is 0.0403 e. The van der Waals surface area contributed by atoms with Crippen molar-refractivity contribution >= 4 is 11.4 Å². The maximum atomic E-state index is 3.60. The molecule has 0 bridgehead atoms. The lowest BCUT2D eigenvalue weighted by Crippen LogP contribution is -2.09. The number of anilines is 2. The first-order chi connectivity index (χ1) is 10.1. The van der Waals surface area contributed by atoms with Gasteiger partial charge in [-0.1, -0.05) is 24.3 Å². The van der Waals surface area contributed by atoms with Gasteiger partial charge in [-0.05, 0) is 60.6 Å². The van der Waals surface area contributed by atoms with Crippen molar-refractivity contribution in [2.24, 2.45) is 0 Å². The highest BCUT2D eigenvalue weighted by Gasteiger charge is 2.25. The fourth-order valence-electron chi connectivity index (χ4n) is 2.80. The Kier molecular flexibility index (Phi) is 3.87. The van der Waals surface area contributed by atoms with Crippen molar-refractivity contribution in [1.82, 2.24) is 0 Å². The minimum Gasteiger partial charge on any atom is -0.381 e. The second-order valence-electron chi connectivity index (χ2n) is 6.22. The zero-order chi connectivity index (χ0) is 14.8. The molecule has 1 fully saturated rings. The van der Waals surface area contributed by atoms with Gasteiger partial charge in [-0.2, -0.15) is 0 Å². The Bertz CT molecular complexity index is 627. The van der Waals surface area contributed by atoms with Crippen LogP contribution < -0.4 is 10.2 Å². The van der Waals surface area contributed by atoms with Crippen LogP contribution in [0, 0.1) is 6.92 Å². The third-order valence-electron chi connectivity index (χ3n) is 4.27. The molecule has 2 aromatic rings. The second-order valence-corrected chi connectivity index (χ2v) is 6.22. The van der Waals surface area contributed by atoms with E-state index >= 15 is 0 Å². The third kappa shape index (κ3) is 3.21. The molecule has 21 heavy (non-hydrogen) atoms. The molecule has 2 nitrogen and oxygen atoms in total. The number of hydrogen-bond donors (Lipinski definition) is 1. The van der Waals surface area contributed by atoms with Crippen molar-refractivity contribution in [2.45, 2.75) is 32.2 Å². The van der Waals surface area contributed by atoms with Crippen LogP contribution in [0.5, 0.6) is 0 Å². The molecule has 0 spiro atoms. The number of hydrogen-bond acceptors (Lipinski definition) is 2. The highest BCUT2D eigenvalue weighted by molar-refractivity contribution is 5.60. The van der Waals surface area contributed by atoms with E-state index in [1.807, 2.05) is 0 Å². The summed E-state index contributed by atoms with van der Waals surface area (Å²) in [6.07, 6.45) is 2.71. The lowest BCUT2D eigenvalue weighted by Gasteiger charge is -2.17. The molecule has 0 heterocycles. The lowest BCUT2D eigenvalue weighted by molar-refractivity contribution is 1.03. The van der Waals surface area contributed by atoms with Gasteiger partial charge in [0.25, 0.3) is 0 Å². The third-order valence-corrected chi connectivity index (χ3v) is 4.27. The van der Waals surface area contributed by atoms with Crippen LogP contribution in [0.2, 0.25) is 0 Å². The average Bonchev–Trinajstić information content (AvgIpc) is 3.30. The van der Waals surface area contributed by atoms with Crippen molar-refractivity contribution < 1.29 is 0 Å². The van der Waals surface area contributed by atoms with E-state index in [4.69, 9.17) is 0 Å². The maximum Gasteiger partial charge on any atom is 0.0403 e. The van der Waals surface area contributed by atoms with E-state index in [0.717, 1.165) is 12.5 Å². The minimum absolute atomic E-state index is 0.806. The molecule has 0 aliphatic heterocycles. The highest BCUT2D eigenvalue weighted by Crippen LogP contribution is 2.41. The molecular formula is C19H24N2. The Morgan fingerprint density at radius 2 is 1.86 bits per heavy atom. The van der Waals surface area contributed by atoms with Gasteiger partial charge in [-0.15, -0.1) is 0 Å². The van der Waals surface area contributed by atoms with Gasteiger partial charge >= 0.3 is 0 Å². The molecule has 110 valence electrons. The summed E-state index contributed by atoms with van der Waals surface area (Å²) in [5.41, 5.74) is 6.75. The molecule has 2 heteroatoms. The van der Waals surface area contributed by atoms with E-state index in [-0.39, 0.29) is 0 Å². The quantitative estimate of drug-likeness (QED) is 0.864. The fraction of sp³-hybridized carbons (Fsp3) is 0.368. The average molecular weight is 280 g/mol. The molecule has 1 saturated carbocycles. The number of nitrogens with one attached hydrogen (secondary N) is 1. The number of aryl methyl sites for hydroxylation is 1. The van der Waals surface area contributed by atoms with E-state index < -0.39 is 0 Å². The monoisotopic (exact) mass is 280 g/mol. The van der Waals surface area contributed by atoms with Crippen LogP contribution in [-0.2, 0) is 6.54 Å². The first-order valence-electron chi connectivity index (χ1n) is 7.75. The van der Waals surface area contributed by atoms with Crippen molar-refractivity contribution in [1.29, 1.82) is 0 Å². The molecule has 3 rings (SSSR count). The summed E-state index contributed by atoms with van der Waals surface area (Å²) < 4.78 is 0. The van der Waals surface area contributed by atoms with Gasteiger partial charge in [-0.25, -0.2) is 0 Å². The first-order valence-corrected chi connectivity index (χ1v) is 7.75.